The van der Waals surface area contributed by atoms with Crippen LogP contribution in [0.15, 0.2) is 30.5 Å². The van der Waals surface area contributed by atoms with Gasteiger partial charge in [0.15, 0.2) is 0 Å². The summed E-state index contributed by atoms with van der Waals surface area (Å²) in [7, 11) is 1.78. The Hall–Kier alpha value is -1.25. The van der Waals surface area contributed by atoms with Crippen LogP contribution >= 0.6 is 22.6 Å². The Kier molecular flexibility index (Phi) is 3.51. The molecular weight excluding hydrogens is 360 g/mol. The first-order valence-electron chi connectivity index (χ1n) is 4.90. The summed E-state index contributed by atoms with van der Waals surface area (Å²) in [5.74, 6) is -0.233. The maximum atomic E-state index is 12.0. The molecule has 96 valence electrons. The van der Waals surface area contributed by atoms with Gasteiger partial charge in [-0.25, -0.2) is 0 Å². The standard InChI is InChI=1S/C11H8F3IN2O/c1-17-10(9(15)6-16-17)7-2-4-8(5-3-7)18-11(12,13)14/h2-6H,1H3. The number of hydrogen-bond acceptors (Lipinski definition) is 2. The van der Waals surface area contributed by atoms with Gasteiger partial charge in [-0.2, -0.15) is 5.10 Å². The molecule has 2 rings (SSSR count). The Morgan fingerprint density at radius 1 is 1.22 bits per heavy atom. The fraction of sp³-hybridized carbons (Fsp3) is 0.182. The van der Waals surface area contributed by atoms with Crippen LogP contribution < -0.4 is 4.74 Å². The van der Waals surface area contributed by atoms with Crippen molar-refractivity contribution in [1.82, 2.24) is 9.78 Å². The number of rotatable bonds is 2. The second kappa shape index (κ2) is 4.79. The van der Waals surface area contributed by atoms with Crippen molar-refractivity contribution in [2.45, 2.75) is 6.36 Å². The quantitative estimate of drug-likeness (QED) is 0.758. The van der Waals surface area contributed by atoms with Gasteiger partial charge >= 0.3 is 6.36 Å². The molecule has 0 fully saturated rings. The van der Waals surface area contributed by atoms with E-state index in [-0.39, 0.29) is 5.75 Å². The Balaban J connectivity index is 2.28. The number of halogens is 4. The van der Waals surface area contributed by atoms with E-state index in [0.29, 0.717) is 0 Å². The minimum absolute atomic E-state index is 0.233. The highest BCUT2D eigenvalue weighted by Gasteiger charge is 2.31. The molecule has 1 heterocycles. The summed E-state index contributed by atoms with van der Waals surface area (Å²) in [6, 6.07) is 5.71. The Labute approximate surface area is 115 Å². The van der Waals surface area contributed by atoms with E-state index in [1.165, 1.54) is 12.1 Å². The van der Waals surface area contributed by atoms with Crippen LogP contribution in [0.25, 0.3) is 11.3 Å². The van der Waals surface area contributed by atoms with Crippen LogP contribution in [0.1, 0.15) is 0 Å². The molecule has 18 heavy (non-hydrogen) atoms. The first-order chi connectivity index (χ1) is 8.37. The molecule has 2 aromatic rings. The molecule has 1 aromatic heterocycles. The topological polar surface area (TPSA) is 27.1 Å². The van der Waals surface area contributed by atoms with Crippen molar-refractivity contribution < 1.29 is 17.9 Å². The molecule has 0 radical (unpaired) electrons. The van der Waals surface area contributed by atoms with Crippen LogP contribution in [0.4, 0.5) is 13.2 Å². The van der Waals surface area contributed by atoms with Gasteiger partial charge in [-0.15, -0.1) is 13.2 Å². The van der Waals surface area contributed by atoms with Crippen molar-refractivity contribution in [2.75, 3.05) is 0 Å². The average Bonchev–Trinajstić information content (AvgIpc) is 2.58. The van der Waals surface area contributed by atoms with Crippen LogP contribution in [0.5, 0.6) is 5.75 Å². The van der Waals surface area contributed by atoms with Crippen molar-refractivity contribution in [3.63, 3.8) is 0 Å². The molecule has 1 aromatic carbocycles. The van der Waals surface area contributed by atoms with Crippen molar-refractivity contribution in [3.05, 3.63) is 34.0 Å². The summed E-state index contributed by atoms with van der Waals surface area (Å²) in [5, 5.41) is 4.07. The number of ether oxygens (including phenoxy) is 1. The highest BCUT2D eigenvalue weighted by Crippen LogP contribution is 2.28. The lowest BCUT2D eigenvalue weighted by atomic mass is 10.1. The molecule has 0 aliphatic heterocycles. The van der Waals surface area contributed by atoms with E-state index in [9.17, 15) is 13.2 Å². The summed E-state index contributed by atoms with van der Waals surface area (Å²) in [5.41, 5.74) is 1.64. The number of hydrogen-bond donors (Lipinski definition) is 0. The molecule has 3 nitrogen and oxygen atoms in total. The van der Waals surface area contributed by atoms with E-state index >= 15 is 0 Å². The summed E-state index contributed by atoms with van der Waals surface area (Å²) in [6.07, 6.45) is -2.97. The van der Waals surface area contributed by atoms with Crippen LogP contribution in [-0.2, 0) is 7.05 Å². The fourth-order valence-corrected chi connectivity index (χ4v) is 2.34. The number of aryl methyl sites for hydroxylation is 1. The largest absolute Gasteiger partial charge is 0.573 e. The van der Waals surface area contributed by atoms with Gasteiger partial charge in [0.05, 0.1) is 15.5 Å². The number of alkyl halides is 3. The SMILES string of the molecule is Cn1ncc(I)c1-c1ccc(OC(F)(F)F)cc1. The van der Waals surface area contributed by atoms with E-state index in [0.717, 1.165) is 14.8 Å². The molecule has 0 aliphatic rings. The predicted molar refractivity (Wildman–Crippen MR) is 68.0 cm³/mol. The van der Waals surface area contributed by atoms with Crippen molar-refractivity contribution >= 4 is 22.6 Å². The van der Waals surface area contributed by atoms with Gasteiger partial charge in [0.2, 0.25) is 0 Å². The summed E-state index contributed by atoms with van der Waals surface area (Å²) in [6.45, 7) is 0. The van der Waals surface area contributed by atoms with E-state index in [4.69, 9.17) is 0 Å². The lowest BCUT2D eigenvalue weighted by molar-refractivity contribution is -0.274. The van der Waals surface area contributed by atoms with Crippen LogP contribution in [-0.4, -0.2) is 16.1 Å². The molecule has 0 aliphatic carbocycles. The van der Waals surface area contributed by atoms with E-state index in [2.05, 4.69) is 32.4 Å². The summed E-state index contributed by atoms with van der Waals surface area (Å²) < 4.78 is 42.4. The number of nitrogens with zero attached hydrogens (tertiary/aromatic N) is 2. The second-order valence-corrected chi connectivity index (χ2v) is 4.70. The highest BCUT2D eigenvalue weighted by molar-refractivity contribution is 14.1. The third-order valence-corrected chi connectivity index (χ3v) is 3.04. The molecule has 0 atom stereocenters. The maximum absolute atomic E-state index is 12.0. The van der Waals surface area contributed by atoms with Gasteiger partial charge in [0.25, 0.3) is 0 Å². The number of benzene rings is 1. The molecule has 0 bridgehead atoms. The Bertz CT molecular complexity index is 529. The van der Waals surface area contributed by atoms with Crippen LogP contribution in [0.2, 0.25) is 0 Å². The minimum atomic E-state index is -4.66. The monoisotopic (exact) mass is 368 g/mol. The van der Waals surface area contributed by atoms with Gasteiger partial charge < -0.3 is 4.74 Å². The van der Waals surface area contributed by atoms with E-state index < -0.39 is 6.36 Å². The highest BCUT2D eigenvalue weighted by atomic mass is 127. The molecule has 0 saturated heterocycles. The van der Waals surface area contributed by atoms with Gasteiger partial charge in [0.1, 0.15) is 5.75 Å². The third kappa shape index (κ3) is 2.95. The zero-order valence-corrected chi connectivity index (χ0v) is 11.4. The van der Waals surface area contributed by atoms with Crippen molar-refractivity contribution in [2.24, 2.45) is 7.05 Å². The Morgan fingerprint density at radius 2 is 1.83 bits per heavy atom. The predicted octanol–water partition coefficient (Wildman–Crippen LogP) is 3.59. The summed E-state index contributed by atoms with van der Waals surface area (Å²) >= 11 is 2.12. The lowest BCUT2D eigenvalue weighted by Gasteiger charge is -2.09. The molecule has 0 N–H and O–H groups in total. The first kappa shape index (κ1) is 13.2. The zero-order chi connectivity index (χ0) is 13.3. The van der Waals surface area contributed by atoms with Gasteiger partial charge in [-0.05, 0) is 46.9 Å². The van der Waals surface area contributed by atoms with E-state index in [1.54, 1.807) is 30.1 Å². The lowest BCUT2D eigenvalue weighted by Crippen LogP contribution is -2.16. The van der Waals surface area contributed by atoms with Crippen molar-refractivity contribution in [1.29, 1.82) is 0 Å². The molecule has 0 unspecified atom stereocenters. The van der Waals surface area contributed by atoms with Gasteiger partial charge in [-0.3, -0.25) is 4.68 Å². The molecule has 0 amide bonds. The normalized spacial score (nSPS) is 11.6. The molecule has 0 saturated carbocycles. The Morgan fingerprint density at radius 3 is 2.28 bits per heavy atom. The fourth-order valence-electron chi connectivity index (χ4n) is 1.55. The molecular formula is C11H8F3IN2O. The summed E-state index contributed by atoms with van der Waals surface area (Å²) in [4.78, 5) is 0. The molecule has 7 heteroatoms. The zero-order valence-electron chi connectivity index (χ0n) is 9.20. The molecule has 0 spiro atoms. The number of aromatic nitrogens is 2. The third-order valence-electron chi connectivity index (χ3n) is 2.26. The van der Waals surface area contributed by atoms with E-state index in [1.807, 2.05) is 0 Å². The van der Waals surface area contributed by atoms with Gasteiger partial charge in [-0.1, -0.05) is 0 Å². The second-order valence-electron chi connectivity index (χ2n) is 3.54. The smallest absolute Gasteiger partial charge is 0.406 e. The maximum Gasteiger partial charge on any atom is 0.573 e. The van der Waals surface area contributed by atoms with Crippen LogP contribution in [0.3, 0.4) is 0 Å². The minimum Gasteiger partial charge on any atom is -0.406 e. The van der Waals surface area contributed by atoms with Crippen molar-refractivity contribution in [3.8, 4) is 17.0 Å². The van der Waals surface area contributed by atoms with Gasteiger partial charge in [0, 0.05) is 12.6 Å². The average molecular weight is 368 g/mol. The first-order valence-corrected chi connectivity index (χ1v) is 5.98. The van der Waals surface area contributed by atoms with Crippen LogP contribution in [0, 0.1) is 3.57 Å².